The molecule has 1 heterocycles. The Kier molecular flexibility index (Phi) is 5.08. The van der Waals surface area contributed by atoms with E-state index in [-0.39, 0.29) is 22.6 Å². The Labute approximate surface area is 157 Å². The number of hydrogen-bond donors (Lipinski definition) is 1. The zero-order valence-corrected chi connectivity index (χ0v) is 14.8. The maximum absolute atomic E-state index is 14.4. The molecule has 3 aromatic rings. The molecule has 0 atom stereocenters. The second-order valence-electron chi connectivity index (χ2n) is 5.74. The zero-order valence-electron chi connectivity index (χ0n) is 14.8. The first-order valence-electron chi connectivity index (χ1n) is 7.96. The number of nitrogens with two attached hydrogens (primary N) is 1. The summed E-state index contributed by atoms with van der Waals surface area (Å²) >= 11 is 0. The Hall–Kier alpha value is -3.36. The zero-order chi connectivity index (χ0) is 20.5. The smallest absolute Gasteiger partial charge is 0.416 e. The van der Waals surface area contributed by atoms with Crippen LogP contribution in [-0.2, 0) is 6.18 Å². The Morgan fingerprint density at radius 3 is 2.11 bits per heavy atom. The number of rotatable bonds is 4. The van der Waals surface area contributed by atoms with Crippen molar-refractivity contribution in [3.05, 3.63) is 54.1 Å². The number of aromatic nitrogens is 2. The van der Waals surface area contributed by atoms with Crippen molar-refractivity contribution in [2.75, 3.05) is 20.0 Å². The number of halogens is 4. The number of methoxy groups -OCH3 is 2. The van der Waals surface area contributed by atoms with E-state index >= 15 is 0 Å². The van der Waals surface area contributed by atoms with Gasteiger partial charge in [0.15, 0.2) is 0 Å². The van der Waals surface area contributed by atoms with E-state index < -0.39 is 17.6 Å². The van der Waals surface area contributed by atoms with Gasteiger partial charge in [0.2, 0.25) is 0 Å². The molecule has 0 unspecified atom stereocenters. The first-order valence-corrected chi connectivity index (χ1v) is 7.96. The van der Waals surface area contributed by atoms with Gasteiger partial charge >= 0.3 is 6.18 Å². The Morgan fingerprint density at radius 2 is 1.54 bits per heavy atom. The van der Waals surface area contributed by atoms with Crippen LogP contribution in [0.15, 0.2) is 42.7 Å². The van der Waals surface area contributed by atoms with E-state index in [1.807, 2.05) is 0 Å². The number of hydrogen-bond acceptors (Lipinski definition) is 5. The standard InChI is InChI=1S/C19H15F4N3O2/c1-27-11-4-6-13(15(8-11)28-2)18-16(24)17(25-9-26-18)12-5-3-10(7-14(12)20)19(21,22)23/h3-9H,24H2,1-2H3. The minimum atomic E-state index is -4.65. The van der Waals surface area contributed by atoms with E-state index in [0.29, 0.717) is 23.1 Å². The lowest BCUT2D eigenvalue weighted by molar-refractivity contribution is -0.137. The molecule has 0 aliphatic carbocycles. The van der Waals surface area contributed by atoms with Crippen LogP contribution >= 0.6 is 0 Å². The molecule has 3 rings (SSSR count). The molecular formula is C19H15F4N3O2. The predicted molar refractivity (Wildman–Crippen MR) is 95.4 cm³/mol. The molecule has 0 saturated carbocycles. The minimum Gasteiger partial charge on any atom is -0.497 e. The summed E-state index contributed by atoms with van der Waals surface area (Å²) in [5.41, 5.74) is 5.61. The van der Waals surface area contributed by atoms with E-state index in [1.54, 1.807) is 18.2 Å². The largest absolute Gasteiger partial charge is 0.497 e. The van der Waals surface area contributed by atoms with Crippen molar-refractivity contribution >= 4 is 5.69 Å². The number of anilines is 1. The number of nitrogen functional groups attached to an aromatic ring is 1. The molecule has 0 bridgehead atoms. The van der Waals surface area contributed by atoms with Crippen LogP contribution in [0.4, 0.5) is 23.2 Å². The van der Waals surface area contributed by atoms with Crippen LogP contribution in [-0.4, -0.2) is 24.2 Å². The van der Waals surface area contributed by atoms with Crippen LogP contribution in [0.5, 0.6) is 11.5 Å². The highest BCUT2D eigenvalue weighted by Gasteiger charge is 2.31. The third-order valence-corrected chi connectivity index (χ3v) is 4.10. The normalized spacial score (nSPS) is 11.4. The first kappa shape index (κ1) is 19.4. The molecule has 0 radical (unpaired) electrons. The van der Waals surface area contributed by atoms with Gasteiger partial charge in [0.1, 0.15) is 35.0 Å². The second kappa shape index (κ2) is 7.34. The molecule has 0 aliphatic heterocycles. The Balaban J connectivity index is 2.13. The van der Waals surface area contributed by atoms with Gasteiger partial charge in [0.25, 0.3) is 0 Å². The maximum Gasteiger partial charge on any atom is 0.416 e. The summed E-state index contributed by atoms with van der Waals surface area (Å²) in [5, 5.41) is 0. The first-order chi connectivity index (χ1) is 13.3. The summed E-state index contributed by atoms with van der Waals surface area (Å²) < 4.78 is 63.1. The predicted octanol–water partition coefficient (Wildman–Crippen LogP) is 4.57. The van der Waals surface area contributed by atoms with Gasteiger partial charge in [0.05, 0.1) is 25.5 Å². The van der Waals surface area contributed by atoms with E-state index in [0.717, 1.165) is 18.5 Å². The highest BCUT2D eigenvalue weighted by Crippen LogP contribution is 2.39. The van der Waals surface area contributed by atoms with Crippen molar-refractivity contribution in [1.82, 2.24) is 9.97 Å². The Morgan fingerprint density at radius 1 is 0.893 bits per heavy atom. The molecule has 0 saturated heterocycles. The quantitative estimate of drug-likeness (QED) is 0.658. The van der Waals surface area contributed by atoms with Crippen molar-refractivity contribution < 1.29 is 27.0 Å². The van der Waals surface area contributed by atoms with Gasteiger partial charge < -0.3 is 15.2 Å². The highest BCUT2D eigenvalue weighted by molar-refractivity contribution is 5.86. The lowest BCUT2D eigenvalue weighted by Gasteiger charge is -2.14. The summed E-state index contributed by atoms with van der Waals surface area (Å²) in [6.07, 6.45) is -3.50. The molecular weight excluding hydrogens is 378 g/mol. The SMILES string of the molecule is COc1ccc(-c2ncnc(-c3ccc(C(F)(F)F)cc3F)c2N)c(OC)c1. The molecule has 0 amide bonds. The molecule has 146 valence electrons. The lowest BCUT2D eigenvalue weighted by Crippen LogP contribution is -2.06. The van der Waals surface area contributed by atoms with Gasteiger partial charge in [-0.25, -0.2) is 14.4 Å². The molecule has 0 fully saturated rings. The number of nitrogens with zero attached hydrogens (tertiary/aromatic N) is 2. The van der Waals surface area contributed by atoms with Crippen molar-refractivity contribution in [3.8, 4) is 34.0 Å². The van der Waals surface area contributed by atoms with Gasteiger partial charge in [0, 0.05) is 17.2 Å². The van der Waals surface area contributed by atoms with E-state index in [9.17, 15) is 17.6 Å². The van der Waals surface area contributed by atoms with Crippen LogP contribution in [0.3, 0.4) is 0 Å². The van der Waals surface area contributed by atoms with Gasteiger partial charge in [-0.1, -0.05) is 0 Å². The summed E-state index contributed by atoms with van der Waals surface area (Å²) in [4.78, 5) is 8.08. The van der Waals surface area contributed by atoms with Crippen molar-refractivity contribution in [2.45, 2.75) is 6.18 Å². The average molecular weight is 393 g/mol. The summed E-state index contributed by atoms with van der Waals surface area (Å²) in [7, 11) is 2.95. The fourth-order valence-electron chi connectivity index (χ4n) is 2.70. The van der Waals surface area contributed by atoms with Gasteiger partial charge in [-0.05, 0) is 30.3 Å². The number of ether oxygens (including phenoxy) is 2. The maximum atomic E-state index is 14.4. The van der Waals surface area contributed by atoms with Crippen LogP contribution in [0, 0.1) is 5.82 Å². The Bertz CT molecular complexity index is 1020. The minimum absolute atomic E-state index is 0.00428. The topological polar surface area (TPSA) is 70.3 Å². The molecule has 0 spiro atoms. The number of benzene rings is 2. The third kappa shape index (κ3) is 3.55. The highest BCUT2D eigenvalue weighted by atomic mass is 19.4. The molecule has 1 aromatic heterocycles. The molecule has 2 aromatic carbocycles. The van der Waals surface area contributed by atoms with Crippen LogP contribution < -0.4 is 15.2 Å². The van der Waals surface area contributed by atoms with E-state index in [2.05, 4.69) is 9.97 Å². The van der Waals surface area contributed by atoms with Crippen molar-refractivity contribution in [1.29, 1.82) is 0 Å². The lowest BCUT2D eigenvalue weighted by atomic mass is 10.0. The summed E-state index contributed by atoms with van der Waals surface area (Å²) in [5.74, 6) is -0.140. The molecule has 0 aliphatic rings. The average Bonchev–Trinajstić information content (AvgIpc) is 2.67. The van der Waals surface area contributed by atoms with E-state index in [4.69, 9.17) is 15.2 Å². The van der Waals surface area contributed by atoms with Gasteiger partial charge in [-0.2, -0.15) is 13.2 Å². The van der Waals surface area contributed by atoms with Crippen LogP contribution in [0.25, 0.3) is 22.5 Å². The van der Waals surface area contributed by atoms with Gasteiger partial charge in [-0.3, -0.25) is 0 Å². The summed E-state index contributed by atoms with van der Waals surface area (Å²) in [6.45, 7) is 0. The molecule has 5 nitrogen and oxygen atoms in total. The fraction of sp³-hybridized carbons (Fsp3) is 0.158. The van der Waals surface area contributed by atoms with E-state index in [1.165, 1.54) is 14.2 Å². The third-order valence-electron chi connectivity index (χ3n) is 4.10. The van der Waals surface area contributed by atoms with Crippen LogP contribution in [0.1, 0.15) is 5.56 Å². The second-order valence-corrected chi connectivity index (χ2v) is 5.74. The van der Waals surface area contributed by atoms with Crippen LogP contribution in [0.2, 0.25) is 0 Å². The molecule has 28 heavy (non-hydrogen) atoms. The molecule has 9 heteroatoms. The number of alkyl halides is 3. The van der Waals surface area contributed by atoms with Crippen molar-refractivity contribution in [3.63, 3.8) is 0 Å². The monoisotopic (exact) mass is 393 g/mol. The summed E-state index contributed by atoms with van der Waals surface area (Å²) in [6, 6.07) is 7.11. The van der Waals surface area contributed by atoms with Crippen molar-refractivity contribution in [2.24, 2.45) is 0 Å². The van der Waals surface area contributed by atoms with Gasteiger partial charge in [-0.15, -0.1) is 0 Å². The fourth-order valence-corrected chi connectivity index (χ4v) is 2.70. The molecule has 2 N–H and O–H groups in total.